The zero-order valence-electron chi connectivity index (χ0n) is 16.6. The molecule has 1 heteroatoms. The van der Waals surface area contributed by atoms with Crippen LogP contribution in [0.3, 0.4) is 0 Å². The summed E-state index contributed by atoms with van der Waals surface area (Å²) in [5, 5.41) is 3.62. The highest BCUT2D eigenvalue weighted by Gasteiger charge is 2.09. The average Bonchev–Trinajstić information content (AvgIpc) is 2.49. The van der Waals surface area contributed by atoms with E-state index in [1.807, 2.05) is 0 Å². The molecule has 0 saturated heterocycles. The third-order valence-electron chi connectivity index (χ3n) is 5.27. The van der Waals surface area contributed by atoms with Crippen LogP contribution in [0.5, 0.6) is 0 Å². The minimum Gasteiger partial charge on any atom is -0.314 e. The van der Waals surface area contributed by atoms with Gasteiger partial charge in [0.1, 0.15) is 0 Å². The molecule has 0 aliphatic heterocycles. The van der Waals surface area contributed by atoms with Crippen molar-refractivity contribution in [3.8, 4) is 0 Å². The monoisotopic (exact) mass is 311 g/mol. The van der Waals surface area contributed by atoms with Gasteiger partial charge >= 0.3 is 0 Å². The highest BCUT2D eigenvalue weighted by molar-refractivity contribution is 4.63. The third kappa shape index (κ3) is 13.6. The topological polar surface area (TPSA) is 12.0 Å². The Balaban J connectivity index is 3.59. The lowest BCUT2D eigenvalue weighted by atomic mass is 9.90. The molecule has 0 aromatic carbocycles. The molecule has 1 N–H and O–H groups in total. The predicted molar refractivity (Wildman–Crippen MR) is 102 cm³/mol. The standard InChI is InChI=1S/C21H45N/c1-7-20(6)22-17-16-19(5)13-11-15-21(8-2)14-10-9-12-18(3)4/h18-22H,7-17H2,1-6H3/t19-,20?,21?/m0/s1. The fraction of sp³-hybridized carbons (Fsp3) is 1.00. The Kier molecular flexibility index (Phi) is 14.5. The zero-order valence-corrected chi connectivity index (χ0v) is 16.6. The first-order chi connectivity index (χ1) is 10.5. The molecular weight excluding hydrogens is 266 g/mol. The van der Waals surface area contributed by atoms with Crippen LogP contribution < -0.4 is 5.32 Å². The first kappa shape index (κ1) is 22.0. The molecule has 0 aliphatic carbocycles. The van der Waals surface area contributed by atoms with E-state index in [0.717, 1.165) is 17.8 Å². The van der Waals surface area contributed by atoms with E-state index in [9.17, 15) is 0 Å². The van der Waals surface area contributed by atoms with Crippen molar-refractivity contribution < 1.29 is 0 Å². The van der Waals surface area contributed by atoms with Gasteiger partial charge in [-0.1, -0.05) is 86.0 Å². The Morgan fingerprint density at radius 3 is 1.91 bits per heavy atom. The van der Waals surface area contributed by atoms with Gasteiger partial charge in [-0.3, -0.25) is 0 Å². The van der Waals surface area contributed by atoms with E-state index in [1.165, 1.54) is 70.8 Å². The van der Waals surface area contributed by atoms with E-state index < -0.39 is 0 Å². The van der Waals surface area contributed by atoms with Crippen molar-refractivity contribution in [3.63, 3.8) is 0 Å². The molecule has 0 spiro atoms. The van der Waals surface area contributed by atoms with Gasteiger partial charge in [0.15, 0.2) is 0 Å². The van der Waals surface area contributed by atoms with Gasteiger partial charge in [-0.05, 0) is 44.1 Å². The van der Waals surface area contributed by atoms with Crippen LogP contribution in [0.15, 0.2) is 0 Å². The van der Waals surface area contributed by atoms with Crippen LogP contribution in [0.2, 0.25) is 0 Å². The third-order valence-corrected chi connectivity index (χ3v) is 5.27. The van der Waals surface area contributed by atoms with Gasteiger partial charge in [0, 0.05) is 6.04 Å². The number of rotatable bonds is 15. The minimum absolute atomic E-state index is 0.683. The number of nitrogens with one attached hydrogen (secondary N) is 1. The van der Waals surface area contributed by atoms with Crippen molar-refractivity contribution >= 4 is 0 Å². The summed E-state index contributed by atoms with van der Waals surface area (Å²) in [6.07, 6.45) is 14.0. The largest absolute Gasteiger partial charge is 0.314 e. The first-order valence-corrected chi connectivity index (χ1v) is 10.2. The molecule has 0 rings (SSSR count). The fourth-order valence-electron chi connectivity index (χ4n) is 3.16. The molecule has 134 valence electrons. The molecule has 0 radical (unpaired) electrons. The summed E-state index contributed by atoms with van der Waals surface area (Å²) in [6.45, 7) is 15.2. The molecule has 0 saturated carbocycles. The maximum Gasteiger partial charge on any atom is 0.00361 e. The van der Waals surface area contributed by atoms with Gasteiger partial charge in [-0.2, -0.15) is 0 Å². The van der Waals surface area contributed by atoms with Gasteiger partial charge < -0.3 is 5.32 Å². The molecule has 0 aliphatic rings. The zero-order chi connectivity index (χ0) is 16.8. The van der Waals surface area contributed by atoms with Crippen LogP contribution in [0, 0.1) is 17.8 Å². The average molecular weight is 312 g/mol. The summed E-state index contributed by atoms with van der Waals surface area (Å²) in [5.41, 5.74) is 0. The smallest absolute Gasteiger partial charge is 0.00361 e. The van der Waals surface area contributed by atoms with Crippen LogP contribution in [-0.4, -0.2) is 12.6 Å². The van der Waals surface area contributed by atoms with Gasteiger partial charge in [0.05, 0.1) is 0 Å². The first-order valence-electron chi connectivity index (χ1n) is 10.2. The van der Waals surface area contributed by atoms with Crippen LogP contribution in [0.4, 0.5) is 0 Å². The van der Waals surface area contributed by atoms with Gasteiger partial charge in [0.25, 0.3) is 0 Å². The van der Waals surface area contributed by atoms with Crippen molar-refractivity contribution in [1.29, 1.82) is 0 Å². The molecule has 2 unspecified atom stereocenters. The second kappa shape index (κ2) is 14.5. The lowest BCUT2D eigenvalue weighted by molar-refractivity contribution is 0.363. The molecule has 0 heterocycles. The highest BCUT2D eigenvalue weighted by Crippen LogP contribution is 2.22. The van der Waals surface area contributed by atoms with Crippen molar-refractivity contribution in [2.75, 3.05) is 6.54 Å². The summed E-state index contributed by atoms with van der Waals surface area (Å²) in [6, 6.07) is 0.683. The Bertz CT molecular complexity index is 224. The summed E-state index contributed by atoms with van der Waals surface area (Å²) in [7, 11) is 0. The van der Waals surface area contributed by atoms with Crippen molar-refractivity contribution in [2.24, 2.45) is 17.8 Å². The van der Waals surface area contributed by atoms with Crippen LogP contribution in [0.1, 0.15) is 106 Å². The van der Waals surface area contributed by atoms with Crippen LogP contribution in [0.25, 0.3) is 0 Å². The molecule has 1 nitrogen and oxygen atoms in total. The van der Waals surface area contributed by atoms with Crippen LogP contribution in [-0.2, 0) is 0 Å². The summed E-state index contributed by atoms with van der Waals surface area (Å²) in [5.74, 6) is 2.75. The Morgan fingerprint density at radius 1 is 0.682 bits per heavy atom. The second-order valence-corrected chi connectivity index (χ2v) is 8.04. The molecule has 0 amide bonds. The Hall–Kier alpha value is -0.0400. The van der Waals surface area contributed by atoms with Gasteiger partial charge in [0.2, 0.25) is 0 Å². The second-order valence-electron chi connectivity index (χ2n) is 8.04. The van der Waals surface area contributed by atoms with Gasteiger partial charge in [-0.25, -0.2) is 0 Å². The predicted octanol–water partition coefficient (Wildman–Crippen LogP) is 6.81. The molecule has 0 fully saturated rings. The number of unbranched alkanes of at least 4 members (excludes halogenated alkanes) is 1. The van der Waals surface area contributed by atoms with E-state index in [1.54, 1.807) is 0 Å². The van der Waals surface area contributed by atoms with Crippen molar-refractivity contribution in [3.05, 3.63) is 0 Å². The normalized spacial score (nSPS) is 16.0. The van der Waals surface area contributed by atoms with Gasteiger partial charge in [-0.15, -0.1) is 0 Å². The number of hydrogen-bond acceptors (Lipinski definition) is 1. The van der Waals surface area contributed by atoms with E-state index in [-0.39, 0.29) is 0 Å². The maximum atomic E-state index is 3.62. The fourth-order valence-corrected chi connectivity index (χ4v) is 3.16. The summed E-state index contributed by atoms with van der Waals surface area (Å²) < 4.78 is 0. The van der Waals surface area contributed by atoms with Crippen molar-refractivity contribution in [1.82, 2.24) is 5.32 Å². The van der Waals surface area contributed by atoms with E-state index in [2.05, 4.69) is 46.9 Å². The molecule has 0 bridgehead atoms. The highest BCUT2D eigenvalue weighted by atomic mass is 14.9. The summed E-state index contributed by atoms with van der Waals surface area (Å²) in [4.78, 5) is 0. The van der Waals surface area contributed by atoms with E-state index >= 15 is 0 Å². The Labute approximate surface area is 142 Å². The lowest BCUT2D eigenvalue weighted by Crippen LogP contribution is -2.27. The quantitative estimate of drug-likeness (QED) is 0.327. The molecule has 22 heavy (non-hydrogen) atoms. The summed E-state index contributed by atoms with van der Waals surface area (Å²) >= 11 is 0. The SMILES string of the molecule is CCC(CCCCC(C)C)CCC[C@H](C)CCNC(C)CC. The Morgan fingerprint density at radius 2 is 1.32 bits per heavy atom. The molecule has 0 aromatic rings. The van der Waals surface area contributed by atoms with E-state index in [0.29, 0.717) is 6.04 Å². The molecular formula is C21H45N. The lowest BCUT2D eigenvalue weighted by Gasteiger charge is -2.18. The maximum absolute atomic E-state index is 3.62. The van der Waals surface area contributed by atoms with Crippen molar-refractivity contribution in [2.45, 2.75) is 112 Å². The van der Waals surface area contributed by atoms with Crippen LogP contribution >= 0.6 is 0 Å². The van der Waals surface area contributed by atoms with E-state index in [4.69, 9.17) is 0 Å². The molecule has 3 atom stereocenters. The minimum atomic E-state index is 0.683. The number of hydrogen-bond donors (Lipinski definition) is 1. The molecule has 0 aromatic heterocycles.